The smallest absolute Gasteiger partial charge is 0.319 e. The number of anilines is 4. The number of amides is 2. The highest BCUT2D eigenvalue weighted by atomic mass is 35.5. The summed E-state index contributed by atoms with van der Waals surface area (Å²) in [5, 5.41) is 11.3. The van der Waals surface area contributed by atoms with Gasteiger partial charge in [0.25, 0.3) is 5.56 Å². The van der Waals surface area contributed by atoms with Crippen LogP contribution in [0.1, 0.15) is 25.7 Å². The van der Waals surface area contributed by atoms with Gasteiger partial charge in [0.2, 0.25) is 0 Å². The molecule has 0 saturated carbocycles. The Kier molecular flexibility index (Phi) is 7.72. The maximum absolute atomic E-state index is 14.8. The first-order valence-electron chi connectivity index (χ1n) is 11.6. The average Bonchev–Trinajstić information content (AvgIpc) is 2.88. The lowest BCUT2D eigenvalue weighted by molar-refractivity contribution is 0.252. The predicted molar refractivity (Wildman–Crippen MR) is 147 cm³/mol. The molecule has 11 nitrogen and oxygen atoms in total. The number of benzene rings is 2. The summed E-state index contributed by atoms with van der Waals surface area (Å²) in [5.74, 6) is 0.0364. The molecule has 0 saturated heterocycles. The van der Waals surface area contributed by atoms with Crippen molar-refractivity contribution in [1.29, 1.82) is 0 Å². The Morgan fingerprint density at radius 3 is 2.76 bits per heavy atom. The molecule has 0 aliphatic heterocycles. The molecule has 2 aromatic carbocycles. The number of nitrogens with one attached hydrogen (secondary N) is 4. The van der Waals surface area contributed by atoms with E-state index in [4.69, 9.17) is 17.3 Å². The van der Waals surface area contributed by atoms with Crippen molar-refractivity contribution in [3.05, 3.63) is 82.5 Å². The summed E-state index contributed by atoms with van der Waals surface area (Å²) in [4.78, 5) is 38.6. The van der Waals surface area contributed by atoms with E-state index >= 15 is 0 Å². The summed E-state index contributed by atoms with van der Waals surface area (Å²) in [6.07, 6.45) is 2.72. The number of hydrogen-bond donors (Lipinski definition) is 5. The quantitative estimate of drug-likeness (QED) is 0.221. The molecule has 6 N–H and O–H groups in total. The van der Waals surface area contributed by atoms with Crippen LogP contribution in [0.15, 0.2) is 60.3 Å². The highest BCUT2D eigenvalue weighted by Gasteiger charge is 2.23. The number of carbonyl (C=O) groups excluding carboxylic acids is 1. The minimum atomic E-state index is -0.709. The van der Waals surface area contributed by atoms with Crippen molar-refractivity contribution >= 4 is 51.5 Å². The SMILES string of the molecule is C=CNc1ncnc(N[C@@H](C)c2nc3c(F)ccc(Cl)c3c(=O)n2-c2cccc(NC(=O)NCC)c2)c1N. The van der Waals surface area contributed by atoms with E-state index in [1.807, 2.05) is 0 Å². The van der Waals surface area contributed by atoms with E-state index in [1.165, 1.54) is 23.2 Å². The molecule has 196 valence electrons. The molecule has 0 aliphatic carbocycles. The molecule has 0 radical (unpaired) electrons. The molecule has 0 bridgehead atoms. The second-order valence-electron chi connectivity index (χ2n) is 8.10. The van der Waals surface area contributed by atoms with Crippen LogP contribution >= 0.6 is 11.6 Å². The fourth-order valence-corrected chi connectivity index (χ4v) is 4.06. The van der Waals surface area contributed by atoms with Crippen molar-refractivity contribution in [3.63, 3.8) is 0 Å². The summed E-state index contributed by atoms with van der Waals surface area (Å²) >= 11 is 6.31. The van der Waals surface area contributed by atoms with Gasteiger partial charge in [0.1, 0.15) is 29.2 Å². The van der Waals surface area contributed by atoms with Gasteiger partial charge in [-0.1, -0.05) is 24.2 Å². The van der Waals surface area contributed by atoms with Crippen molar-refractivity contribution < 1.29 is 9.18 Å². The number of rotatable bonds is 8. The second-order valence-corrected chi connectivity index (χ2v) is 8.50. The van der Waals surface area contributed by atoms with Gasteiger partial charge in [-0.15, -0.1) is 0 Å². The van der Waals surface area contributed by atoms with E-state index in [0.29, 0.717) is 23.7 Å². The van der Waals surface area contributed by atoms with Gasteiger partial charge in [-0.2, -0.15) is 0 Å². The molecule has 0 unspecified atom stereocenters. The minimum absolute atomic E-state index is 0.0524. The van der Waals surface area contributed by atoms with Crippen LogP contribution in [0.5, 0.6) is 0 Å². The molecule has 13 heteroatoms. The van der Waals surface area contributed by atoms with Crippen LogP contribution in [0.25, 0.3) is 16.6 Å². The molecule has 0 spiro atoms. The lowest BCUT2D eigenvalue weighted by Gasteiger charge is -2.21. The second kappa shape index (κ2) is 11.1. The molecule has 0 aliphatic rings. The molecule has 2 heterocycles. The Bertz CT molecular complexity index is 1590. The number of halogens is 2. The fraction of sp³-hybridized carbons (Fsp3) is 0.160. The Morgan fingerprint density at radius 2 is 2.03 bits per heavy atom. The summed E-state index contributed by atoms with van der Waals surface area (Å²) in [5.41, 5.74) is 6.42. The largest absolute Gasteiger partial charge is 0.393 e. The van der Waals surface area contributed by atoms with Crippen molar-refractivity contribution in [2.45, 2.75) is 19.9 Å². The Balaban J connectivity index is 1.89. The molecule has 4 rings (SSSR count). The topological polar surface area (TPSA) is 152 Å². The Labute approximate surface area is 222 Å². The number of aromatic nitrogens is 4. The Hall–Kier alpha value is -4.71. The molecule has 38 heavy (non-hydrogen) atoms. The third-order valence-electron chi connectivity index (χ3n) is 5.51. The summed E-state index contributed by atoms with van der Waals surface area (Å²) < 4.78 is 16.1. The average molecular weight is 538 g/mol. The first-order valence-corrected chi connectivity index (χ1v) is 11.9. The van der Waals surface area contributed by atoms with Crippen LogP contribution in [-0.4, -0.2) is 32.1 Å². The van der Waals surface area contributed by atoms with Crippen LogP contribution in [0.3, 0.4) is 0 Å². The summed E-state index contributed by atoms with van der Waals surface area (Å²) in [6, 6.07) is 7.93. The van der Waals surface area contributed by atoms with E-state index < -0.39 is 23.4 Å². The molecule has 0 fully saturated rings. The van der Waals surface area contributed by atoms with Crippen molar-refractivity contribution in [3.8, 4) is 5.69 Å². The third-order valence-corrected chi connectivity index (χ3v) is 5.83. The van der Waals surface area contributed by atoms with Gasteiger partial charge in [0.05, 0.1) is 22.1 Å². The van der Waals surface area contributed by atoms with Crippen LogP contribution in [0.4, 0.5) is 32.2 Å². The fourth-order valence-electron chi connectivity index (χ4n) is 3.82. The number of nitrogens with zero attached hydrogens (tertiary/aromatic N) is 4. The van der Waals surface area contributed by atoms with Crippen LogP contribution < -0.4 is 32.6 Å². The lowest BCUT2D eigenvalue weighted by atomic mass is 10.2. The highest BCUT2D eigenvalue weighted by Crippen LogP contribution is 2.29. The molecule has 1 atom stereocenters. The maximum Gasteiger partial charge on any atom is 0.319 e. The highest BCUT2D eigenvalue weighted by molar-refractivity contribution is 6.35. The van der Waals surface area contributed by atoms with Gasteiger partial charge in [0.15, 0.2) is 11.6 Å². The first kappa shape index (κ1) is 26.4. The predicted octanol–water partition coefficient (Wildman–Crippen LogP) is 4.42. The van der Waals surface area contributed by atoms with Gasteiger partial charge in [-0.3, -0.25) is 9.36 Å². The molecule has 4 aromatic rings. The standard InChI is InChI=1S/C25H25ClFN9O2/c1-4-29-21-19(28)22(32-12-31-21)33-13(3)23-35-20-17(27)10-9-16(26)18(20)24(37)36(23)15-8-6-7-14(11-15)34-25(38)30-5-2/h4,6-13H,1,5,28H2,2-3H3,(H2,30,34,38)(H2,29,31,32,33)/t13-/m0/s1. The van der Waals surface area contributed by atoms with Crippen LogP contribution in [0.2, 0.25) is 5.02 Å². The number of hydrogen-bond acceptors (Lipinski definition) is 8. The zero-order valence-corrected chi connectivity index (χ0v) is 21.3. The Morgan fingerprint density at radius 1 is 1.26 bits per heavy atom. The van der Waals surface area contributed by atoms with Gasteiger partial charge in [-0.05, 0) is 50.4 Å². The normalized spacial score (nSPS) is 11.6. The molecule has 2 aromatic heterocycles. The van der Waals surface area contributed by atoms with E-state index in [-0.39, 0.29) is 33.3 Å². The van der Waals surface area contributed by atoms with E-state index in [2.05, 4.69) is 42.8 Å². The van der Waals surface area contributed by atoms with Crippen LogP contribution in [0, 0.1) is 5.82 Å². The molecular formula is C25H25ClFN9O2. The number of urea groups is 1. The third kappa shape index (κ3) is 5.20. The number of fused-ring (bicyclic) bond motifs is 1. The lowest BCUT2D eigenvalue weighted by Crippen LogP contribution is -2.29. The van der Waals surface area contributed by atoms with Gasteiger partial charge in [-0.25, -0.2) is 24.1 Å². The number of nitrogens with two attached hydrogens (primary N) is 1. The van der Waals surface area contributed by atoms with E-state index in [1.54, 1.807) is 38.1 Å². The van der Waals surface area contributed by atoms with Gasteiger partial charge < -0.3 is 27.0 Å². The monoisotopic (exact) mass is 537 g/mol. The zero-order valence-electron chi connectivity index (χ0n) is 20.5. The van der Waals surface area contributed by atoms with Gasteiger partial charge >= 0.3 is 6.03 Å². The maximum atomic E-state index is 14.8. The van der Waals surface area contributed by atoms with Crippen molar-refractivity contribution in [2.75, 3.05) is 28.2 Å². The summed E-state index contributed by atoms with van der Waals surface area (Å²) in [7, 11) is 0. The van der Waals surface area contributed by atoms with E-state index in [0.717, 1.165) is 6.07 Å². The zero-order chi connectivity index (χ0) is 27.4. The molecule has 2 amide bonds. The molecular weight excluding hydrogens is 513 g/mol. The van der Waals surface area contributed by atoms with Gasteiger partial charge in [0, 0.05) is 12.2 Å². The van der Waals surface area contributed by atoms with E-state index in [9.17, 15) is 14.0 Å². The first-order chi connectivity index (χ1) is 18.2. The van der Waals surface area contributed by atoms with Crippen molar-refractivity contribution in [2.24, 2.45) is 0 Å². The van der Waals surface area contributed by atoms with Crippen molar-refractivity contribution in [1.82, 2.24) is 24.8 Å². The number of carbonyl (C=O) groups is 1. The minimum Gasteiger partial charge on any atom is -0.393 e. The summed E-state index contributed by atoms with van der Waals surface area (Å²) in [6.45, 7) is 7.54. The number of nitrogen functional groups attached to an aromatic ring is 1. The van der Waals surface area contributed by atoms with Crippen LogP contribution in [-0.2, 0) is 0 Å².